The minimum absolute atomic E-state index is 0.201. The van der Waals surface area contributed by atoms with Crippen LogP contribution in [0.1, 0.15) is 27.2 Å². The lowest BCUT2D eigenvalue weighted by Gasteiger charge is -2.04. The maximum absolute atomic E-state index is 12.0. The molecule has 0 saturated heterocycles. The summed E-state index contributed by atoms with van der Waals surface area (Å²) in [5.74, 6) is -0.201. The van der Waals surface area contributed by atoms with Gasteiger partial charge in [0, 0.05) is 9.75 Å². The zero-order valence-corrected chi connectivity index (χ0v) is 11.0. The van der Waals surface area contributed by atoms with Crippen molar-refractivity contribution in [2.75, 3.05) is 7.11 Å². The van der Waals surface area contributed by atoms with E-state index in [1.54, 1.807) is 11.3 Å². The summed E-state index contributed by atoms with van der Waals surface area (Å²) in [6, 6.07) is 10.1. The molecule has 3 rings (SSSR count). The molecule has 0 aliphatic heterocycles. The molecular weight excluding hydrogens is 244 g/mol. The Morgan fingerprint density at radius 2 is 2.00 bits per heavy atom. The van der Waals surface area contributed by atoms with Crippen LogP contribution in [0.5, 0.6) is 0 Å². The largest absolute Gasteiger partial charge is 0.465 e. The van der Waals surface area contributed by atoms with Gasteiger partial charge in [-0.1, -0.05) is 30.3 Å². The number of benzene rings is 1. The molecule has 1 aliphatic rings. The average Bonchev–Trinajstić information content (AvgIpc) is 2.98. The molecule has 2 nitrogen and oxygen atoms in total. The molecule has 92 valence electrons. The molecule has 1 aliphatic carbocycles. The molecule has 0 atom stereocenters. The van der Waals surface area contributed by atoms with Gasteiger partial charge in [0.1, 0.15) is 0 Å². The van der Waals surface area contributed by atoms with Crippen LogP contribution in [0, 0.1) is 0 Å². The highest BCUT2D eigenvalue weighted by Crippen LogP contribution is 2.41. The maximum Gasteiger partial charge on any atom is 0.339 e. The molecule has 0 bridgehead atoms. The number of carbonyl (C=O) groups is 1. The number of methoxy groups -OCH3 is 1. The summed E-state index contributed by atoms with van der Waals surface area (Å²) in [6.45, 7) is 0. The zero-order chi connectivity index (χ0) is 12.5. The minimum Gasteiger partial charge on any atom is -0.465 e. The van der Waals surface area contributed by atoms with E-state index >= 15 is 0 Å². The summed E-state index contributed by atoms with van der Waals surface area (Å²) in [5, 5.41) is 0. The van der Waals surface area contributed by atoms with Crippen LogP contribution in [0.15, 0.2) is 30.3 Å². The third-order valence-corrected chi connectivity index (χ3v) is 4.69. The van der Waals surface area contributed by atoms with Crippen LogP contribution in [0.4, 0.5) is 0 Å². The van der Waals surface area contributed by atoms with Crippen LogP contribution in [-0.4, -0.2) is 13.1 Å². The van der Waals surface area contributed by atoms with Crippen molar-refractivity contribution in [3.63, 3.8) is 0 Å². The van der Waals surface area contributed by atoms with Gasteiger partial charge in [0.2, 0.25) is 0 Å². The first-order chi connectivity index (χ1) is 8.81. The van der Waals surface area contributed by atoms with Gasteiger partial charge in [-0.25, -0.2) is 4.79 Å². The van der Waals surface area contributed by atoms with E-state index in [2.05, 4.69) is 0 Å². The summed E-state index contributed by atoms with van der Waals surface area (Å²) < 4.78 is 4.95. The van der Waals surface area contributed by atoms with E-state index in [4.69, 9.17) is 4.74 Å². The molecule has 0 saturated carbocycles. The number of thiophene rings is 1. The molecule has 2 aromatic rings. The Labute approximate surface area is 110 Å². The minimum atomic E-state index is -0.201. The van der Waals surface area contributed by atoms with Gasteiger partial charge in [-0.3, -0.25) is 0 Å². The molecule has 1 heterocycles. The Hall–Kier alpha value is -1.61. The van der Waals surface area contributed by atoms with Gasteiger partial charge in [0.05, 0.1) is 12.7 Å². The van der Waals surface area contributed by atoms with Crippen molar-refractivity contribution in [2.45, 2.75) is 19.3 Å². The van der Waals surface area contributed by atoms with Crippen LogP contribution in [0.2, 0.25) is 0 Å². The van der Waals surface area contributed by atoms with Crippen molar-refractivity contribution >= 4 is 17.3 Å². The normalized spacial score (nSPS) is 13.4. The summed E-state index contributed by atoms with van der Waals surface area (Å²) in [6.07, 6.45) is 3.25. The molecular formula is C15H14O2S. The van der Waals surface area contributed by atoms with Crippen molar-refractivity contribution < 1.29 is 9.53 Å². The van der Waals surface area contributed by atoms with Crippen molar-refractivity contribution in [2.24, 2.45) is 0 Å². The lowest BCUT2D eigenvalue weighted by molar-refractivity contribution is 0.0601. The highest BCUT2D eigenvalue weighted by molar-refractivity contribution is 7.16. The first-order valence-corrected chi connectivity index (χ1v) is 6.91. The van der Waals surface area contributed by atoms with Gasteiger partial charge in [0.15, 0.2) is 0 Å². The monoisotopic (exact) mass is 258 g/mol. The molecule has 0 unspecified atom stereocenters. The molecule has 1 aromatic carbocycles. The Morgan fingerprint density at radius 3 is 2.72 bits per heavy atom. The predicted octanol–water partition coefficient (Wildman–Crippen LogP) is 3.69. The Bertz CT molecular complexity index is 584. The van der Waals surface area contributed by atoms with E-state index in [9.17, 15) is 4.79 Å². The molecule has 0 radical (unpaired) electrons. The molecule has 0 fully saturated rings. The standard InChI is InChI=1S/C15H14O2S/c1-17-15(16)13-11-8-5-9-12(11)18-14(13)10-6-3-2-4-7-10/h2-4,6-7H,5,8-9H2,1H3. The summed E-state index contributed by atoms with van der Waals surface area (Å²) >= 11 is 1.74. The van der Waals surface area contributed by atoms with Crippen molar-refractivity contribution in [3.05, 3.63) is 46.3 Å². The first kappa shape index (κ1) is 11.5. The van der Waals surface area contributed by atoms with Gasteiger partial charge >= 0.3 is 5.97 Å². The molecule has 1 aromatic heterocycles. The lowest BCUT2D eigenvalue weighted by Crippen LogP contribution is -2.04. The van der Waals surface area contributed by atoms with Gasteiger partial charge in [0.25, 0.3) is 0 Å². The molecule has 0 amide bonds. The topological polar surface area (TPSA) is 26.3 Å². The Balaban J connectivity index is 2.18. The fraction of sp³-hybridized carbons (Fsp3) is 0.267. The Kier molecular flexibility index (Phi) is 2.92. The van der Waals surface area contributed by atoms with Crippen molar-refractivity contribution in [1.29, 1.82) is 0 Å². The van der Waals surface area contributed by atoms with Crippen LogP contribution >= 0.6 is 11.3 Å². The lowest BCUT2D eigenvalue weighted by atomic mass is 10.0. The van der Waals surface area contributed by atoms with Gasteiger partial charge in [-0.2, -0.15) is 0 Å². The van der Waals surface area contributed by atoms with Crippen molar-refractivity contribution in [1.82, 2.24) is 0 Å². The number of esters is 1. The highest BCUT2D eigenvalue weighted by Gasteiger charge is 2.27. The second kappa shape index (κ2) is 4.58. The number of carbonyl (C=O) groups excluding carboxylic acids is 1. The second-order valence-electron chi connectivity index (χ2n) is 4.42. The predicted molar refractivity (Wildman–Crippen MR) is 73.1 cm³/mol. The van der Waals surface area contributed by atoms with Gasteiger partial charge in [-0.15, -0.1) is 11.3 Å². The summed E-state index contributed by atoms with van der Waals surface area (Å²) in [5.41, 5.74) is 3.12. The fourth-order valence-electron chi connectivity index (χ4n) is 2.52. The van der Waals surface area contributed by atoms with Crippen LogP contribution in [-0.2, 0) is 17.6 Å². The maximum atomic E-state index is 12.0. The molecule has 18 heavy (non-hydrogen) atoms. The first-order valence-electron chi connectivity index (χ1n) is 6.09. The fourth-order valence-corrected chi connectivity index (χ4v) is 3.90. The molecule has 3 heteroatoms. The Morgan fingerprint density at radius 1 is 1.22 bits per heavy atom. The SMILES string of the molecule is COC(=O)c1c(-c2ccccc2)sc2c1CCC2. The summed E-state index contributed by atoms with van der Waals surface area (Å²) in [4.78, 5) is 14.4. The van der Waals surface area contributed by atoms with E-state index in [0.717, 1.165) is 35.3 Å². The van der Waals surface area contributed by atoms with Gasteiger partial charge < -0.3 is 4.74 Å². The van der Waals surface area contributed by atoms with E-state index < -0.39 is 0 Å². The number of hydrogen-bond acceptors (Lipinski definition) is 3. The number of rotatable bonds is 2. The van der Waals surface area contributed by atoms with Gasteiger partial charge in [-0.05, 0) is 30.4 Å². The molecule has 0 spiro atoms. The third-order valence-electron chi connectivity index (χ3n) is 3.35. The number of hydrogen-bond donors (Lipinski definition) is 0. The van der Waals surface area contributed by atoms with Crippen LogP contribution < -0.4 is 0 Å². The quantitative estimate of drug-likeness (QED) is 0.768. The number of ether oxygens (including phenoxy) is 1. The van der Waals surface area contributed by atoms with Crippen molar-refractivity contribution in [3.8, 4) is 10.4 Å². The van der Waals surface area contributed by atoms with E-state index in [1.165, 1.54) is 17.6 Å². The van der Waals surface area contributed by atoms with Crippen LogP contribution in [0.25, 0.3) is 10.4 Å². The number of aryl methyl sites for hydroxylation is 1. The average molecular weight is 258 g/mol. The smallest absolute Gasteiger partial charge is 0.339 e. The molecule has 0 N–H and O–H groups in total. The number of fused-ring (bicyclic) bond motifs is 1. The van der Waals surface area contributed by atoms with E-state index in [-0.39, 0.29) is 5.97 Å². The summed E-state index contributed by atoms with van der Waals surface area (Å²) in [7, 11) is 1.45. The van der Waals surface area contributed by atoms with Crippen LogP contribution in [0.3, 0.4) is 0 Å². The highest BCUT2D eigenvalue weighted by atomic mass is 32.1. The van der Waals surface area contributed by atoms with E-state index in [1.807, 2.05) is 30.3 Å². The third kappa shape index (κ3) is 1.75. The second-order valence-corrected chi connectivity index (χ2v) is 5.52. The zero-order valence-electron chi connectivity index (χ0n) is 10.2. The van der Waals surface area contributed by atoms with E-state index in [0.29, 0.717) is 0 Å².